The van der Waals surface area contributed by atoms with E-state index in [0.29, 0.717) is 0 Å². The van der Waals surface area contributed by atoms with E-state index in [4.69, 9.17) is 4.42 Å². The predicted molar refractivity (Wildman–Crippen MR) is 222 cm³/mol. The van der Waals surface area contributed by atoms with Crippen molar-refractivity contribution in [3.8, 4) is 22.3 Å². The van der Waals surface area contributed by atoms with E-state index in [1.165, 1.54) is 53.2 Å². The average Bonchev–Trinajstić information content (AvgIpc) is 3.84. The molecule has 52 heavy (non-hydrogen) atoms. The van der Waals surface area contributed by atoms with Gasteiger partial charge in [0.05, 0.1) is 16.1 Å². The zero-order valence-corrected chi connectivity index (χ0v) is 29.7. The van der Waals surface area contributed by atoms with Crippen LogP contribution in [0.5, 0.6) is 0 Å². The van der Waals surface area contributed by atoms with Crippen LogP contribution in [0.15, 0.2) is 168 Å². The number of thiophene rings is 1. The normalized spacial score (nSPS) is 13.3. The molecule has 246 valence electrons. The SMILES string of the molecule is CC1(C)c2ccccc2-c2cc(N(c3ccccc3-c3cccc4c3oc3ccccc34)c3cccc4c3sc3c5ccccc5ccc43)ccc21. The molecular weight excluding hydrogens is 651 g/mol. The van der Waals surface area contributed by atoms with Crippen LogP contribution >= 0.6 is 11.3 Å². The number of furan rings is 1. The number of benzene rings is 8. The Bertz CT molecular complexity index is 3070. The van der Waals surface area contributed by atoms with Gasteiger partial charge in [0.1, 0.15) is 11.2 Å². The Morgan fingerprint density at radius 3 is 2.04 bits per heavy atom. The summed E-state index contributed by atoms with van der Waals surface area (Å²) in [6, 6.07) is 59.8. The number of anilines is 3. The highest BCUT2D eigenvalue weighted by atomic mass is 32.1. The lowest BCUT2D eigenvalue weighted by atomic mass is 9.82. The molecule has 10 aromatic rings. The van der Waals surface area contributed by atoms with E-state index in [9.17, 15) is 0 Å². The highest BCUT2D eigenvalue weighted by molar-refractivity contribution is 7.27. The quantitative estimate of drug-likeness (QED) is 0.184. The molecule has 1 aliphatic carbocycles. The molecular formula is C49H33NOS. The third kappa shape index (κ3) is 4.11. The van der Waals surface area contributed by atoms with Crippen LogP contribution in [0.2, 0.25) is 0 Å². The number of rotatable bonds is 4. The van der Waals surface area contributed by atoms with Crippen LogP contribution in [-0.2, 0) is 5.41 Å². The maximum Gasteiger partial charge on any atom is 0.143 e. The minimum atomic E-state index is -0.0727. The van der Waals surface area contributed by atoms with Gasteiger partial charge in [0.25, 0.3) is 0 Å². The van der Waals surface area contributed by atoms with Crippen LogP contribution in [0.1, 0.15) is 25.0 Å². The summed E-state index contributed by atoms with van der Waals surface area (Å²) < 4.78 is 9.24. The summed E-state index contributed by atoms with van der Waals surface area (Å²) in [5, 5.41) is 7.40. The van der Waals surface area contributed by atoms with Crippen LogP contribution < -0.4 is 4.90 Å². The van der Waals surface area contributed by atoms with Crippen molar-refractivity contribution < 1.29 is 4.42 Å². The number of hydrogen-bond donors (Lipinski definition) is 0. The molecule has 0 saturated heterocycles. The van der Waals surface area contributed by atoms with Crippen molar-refractivity contribution in [3.63, 3.8) is 0 Å². The van der Waals surface area contributed by atoms with Gasteiger partial charge in [-0.2, -0.15) is 0 Å². The standard InChI is InChI=1S/C49H33NOS/c1-49(2)41-21-8-5-15-33(41)40-29-31(26-28-42(40)49)50(44-23-12-20-38-39-27-25-30-13-3-4-14-32(30)47(39)52-48(38)44)43-22-9-6-16-34(43)36-18-11-19-37-35-17-7-10-24-45(35)51-46(36)37/h3-29H,1-2H3. The average molecular weight is 684 g/mol. The maximum atomic E-state index is 6.64. The molecule has 1 aliphatic rings. The Kier molecular flexibility index (Phi) is 6.21. The monoisotopic (exact) mass is 683 g/mol. The second-order valence-corrected chi connectivity index (χ2v) is 15.5. The summed E-state index contributed by atoms with van der Waals surface area (Å²) in [5.41, 5.74) is 12.7. The van der Waals surface area contributed by atoms with Crippen LogP contribution in [0.25, 0.3) is 75.1 Å². The Morgan fingerprint density at radius 1 is 0.462 bits per heavy atom. The minimum Gasteiger partial charge on any atom is -0.455 e. The molecule has 0 unspecified atom stereocenters. The molecule has 2 heterocycles. The second-order valence-electron chi connectivity index (χ2n) is 14.5. The van der Waals surface area contributed by atoms with E-state index in [1.807, 2.05) is 17.4 Å². The van der Waals surface area contributed by atoms with E-state index in [-0.39, 0.29) is 5.41 Å². The number of nitrogens with zero attached hydrogens (tertiary/aromatic N) is 1. The third-order valence-corrected chi connectivity index (χ3v) is 12.6. The van der Waals surface area contributed by atoms with Gasteiger partial charge >= 0.3 is 0 Å². The van der Waals surface area contributed by atoms with Gasteiger partial charge in [0.15, 0.2) is 0 Å². The first-order valence-corrected chi connectivity index (χ1v) is 18.7. The van der Waals surface area contributed by atoms with Gasteiger partial charge in [-0.25, -0.2) is 0 Å². The smallest absolute Gasteiger partial charge is 0.143 e. The largest absolute Gasteiger partial charge is 0.455 e. The first kappa shape index (κ1) is 29.6. The molecule has 0 atom stereocenters. The van der Waals surface area contributed by atoms with Crippen LogP contribution in [-0.4, -0.2) is 0 Å². The molecule has 0 spiro atoms. The fourth-order valence-corrected chi connectivity index (χ4v) is 10.1. The molecule has 8 aromatic carbocycles. The summed E-state index contributed by atoms with van der Waals surface area (Å²) in [5.74, 6) is 0. The van der Waals surface area contributed by atoms with Crippen molar-refractivity contribution in [2.24, 2.45) is 0 Å². The van der Waals surface area contributed by atoms with E-state index < -0.39 is 0 Å². The van der Waals surface area contributed by atoms with Gasteiger partial charge in [-0.05, 0) is 63.4 Å². The van der Waals surface area contributed by atoms with Crippen molar-refractivity contribution >= 4 is 81.3 Å². The van der Waals surface area contributed by atoms with Crippen molar-refractivity contribution in [1.29, 1.82) is 0 Å². The zero-order valence-electron chi connectivity index (χ0n) is 28.9. The molecule has 0 fully saturated rings. The molecule has 0 amide bonds. The molecule has 2 nitrogen and oxygen atoms in total. The molecule has 11 rings (SSSR count). The van der Waals surface area contributed by atoms with E-state index in [1.54, 1.807) is 0 Å². The summed E-state index contributed by atoms with van der Waals surface area (Å²) >= 11 is 1.90. The summed E-state index contributed by atoms with van der Waals surface area (Å²) in [6.07, 6.45) is 0. The highest BCUT2D eigenvalue weighted by Crippen LogP contribution is 2.53. The van der Waals surface area contributed by atoms with E-state index in [0.717, 1.165) is 50.1 Å². The number of hydrogen-bond acceptors (Lipinski definition) is 3. The number of fused-ring (bicyclic) bond motifs is 11. The minimum absolute atomic E-state index is 0.0727. The van der Waals surface area contributed by atoms with Crippen molar-refractivity contribution in [1.82, 2.24) is 0 Å². The molecule has 3 heteroatoms. The lowest BCUT2D eigenvalue weighted by Gasteiger charge is -2.29. The highest BCUT2D eigenvalue weighted by Gasteiger charge is 2.36. The van der Waals surface area contributed by atoms with E-state index in [2.05, 4.69) is 176 Å². The van der Waals surface area contributed by atoms with Crippen LogP contribution in [0.3, 0.4) is 0 Å². The third-order valence-electron chi connectivity index (χ3n) is 11.3. The second kappa shape index (κ2) is 10.9. The lowest BCUT2D eigenvalue weighted by Crippen LogP contribution is -2.15. The van der Waals surface area contributed by atoms with Gasteiger partial charge in [0.2, 0.25) is 0 Å². The number of para-hydroxylation sites is 3. The van der Waals surface area contributed by atoms with Crippen LogP contribution in [0.4, 0.5) is 17.1 Å². The van der Waals surface area contributed by atoms with Crippen molar-refractivity contribution in [3.05, 3.63) is 175 Å². The Morgan fingerprint density at radius 2 is 1.12 bits per heavy atom. The molecule has 2 aromatic heterocycles. The first-order valence-electron chi connectivity index (χ1n) is 17.9. The topological polar surface area (TPSA) is 16.4 Å². The summed E-state index contributed by atoms with van der Waals surface area (Å²) in [4.78, 5) is 2.49. The molecule has 0 saturated carbocycles. The van der Waals surface area contributed by atoms with Gasteiger partial charge < -0.3 is 9.32 Å². The summed E-state index contributed by atoms with van der Waals surface area (Å²) in [7, 11) is 0. The maximum absolute atomic E-state index is 6.64. The zero-order chi connectivity index (χ0) is 34.6. The van der Waals surface area contributed by atoms with Gasteiger partial charge in [-0.15, -0.1) is 11.3 Å². The Hall–Kier alpha value is -6.16. The van der Waals surface area contributed by atoms with Crippen molar-refractivity contribution in [2.75, 3.05) is 4.90 Å². The van der Waals surface area contributed by atoms with Gasteiger partial charge in [-0.3, -0.25) is 0 Å². The van der Waals surface area contributed by atoms with E-state index >= 15 is 0 Å². The van der Waals surface area contributed by atoms with Gasteiger partial charge in [0, 0.05) is 48.5 Å². The lowest BCUT2D eigenvalue weighted by molar-refractivity contribution is 0.660. The van der Waals surface area contributed by atoms with Crippen LogP contribution in [0, 0.1) is 0 Å². The molecule has 0 bridgehead atoms. The summed E-state index contributed by atoms with van der Waals surface area (Å²) in [6.45, 7) is 4.70. The van der Waals surface area contributed by atoms with Crippen molar-refractivity contribution in [2.45, 2.75) is 19.3 Å². The fourth-order valence-electron chi connectivity index (χ4n) is 8.80. The molecule has 0 aliphatic heterocycles. The Labute approximate surface area is 305 Å². The predicted octanol–water partition coefficient (Wildman–Crippen LogP) is 14.6. The van der Waals surface area contributed by atoms with Gasteiger partial charge in [-0.1, -0.05) is 147 Å². The fraction of sp³-hybridized carbons (Fsp3) is 0.0612. The molecule has 0 N–H and O–H groups in total. The first-order chi connectivity index (χ1) is 25.6. The molecule has 0 radical (unpaired) electrons. The Balaban J connectivity index is 1.22.